The maximum Gasteiger partial charge on any atom is 0.233 e. The van der Waals surface area contributed by atoms with Crippen molar-refractivity contribution in [1.82, 2.24) is 15.5 Å². The van der Waals surface area contributed by atoms with Crippen molar-refractivity contribution in [3.05, 3.63) is 42.0 Å². The fraction of sp³-hybridized carbons (Fsp3) is 0.385. The molecule has 5 nitrogen and oxygen atoms in total. The predicted octanol–water partition coefficient (Wildman–Crippen LogP) is 1.97. The summed E-state index contributed by atoms with van der Waals surface area (Å²) in [5.41, 5.74) is 0.883. The summed E-state index contributed by atoms with van der Waals surface area (Å²) in [7, 11) is 1.58. The maximum absolute atomic E-state index is 5.36. The van der Waals surface area contributed by atoms with Crippen LogP contribution in [0.15, 0.2) is 34.9 Å². The molecule has 0 aliphatic heterocycles. The number of likely N-dealkylation sites (N-methyl/N-ethyl adjacent to an activating group) is 1. The van der Waals surface area contributed by atoms with Crippen LogP contribution in [-0.4, -0.2) is 23.9 Å². The molecule has 0 spiro atoms. The third-order valence-corrected chi connectivity index (χ3v) is 2.66. The molecule has 0 aliphatic carbocycles. The van der Waals surface area contributed by atoms with Crippen LogP contribution in [0.5, 0.6) is 5.88 Å². The Morgan fingerprint density at radius 3 is 2.78 bits per heavy atom. The summed E-state index contributed by atoms with van der Waals surface area (Å²) in [6.07, 6.45) is 2.43. The quantitative estimate of drug-likeness (QED) is 0.845. The lowest BCUT2D eigenvalue weighted by Gasteiger charge is -2.15. The summed E-state index contributed by atoms with van der Waals surface area (Å²) in [6, 6.07) is 7.68. The zero-order chi connectivity index (χ0) is 12.8. The first-order valence-electron chi connectivity index (χ1n) is 5.97. The van der Waals surface area contributed by atoms with Crippen LogP contribution < -0.4 is 10.1 Å². The summed E-state index contributed by atoms with van der Waals surface area (Å²) < 4.78 is 10.4. The SMILES string of the molecule is CCNC(Cc1ccco1)c1ccc(OC)nn1. The zero-order valence-electron chi connectivity index (χ0n) is 10.6. The largest absolute Gasteiger partial charge is 0.480 e. The molecule has 1 unspecified atom stereocenters. The highest BCUT2D eigenvalue weighted by Gasteiger charge is 2.14. The zero-order valence-corrected chi connectivity index (χ0v) is 10.6. The molecule has 2 heterocycles. The van der Waals surface area contributed by atoms with Crippen molar-refractivity contribution >= 4 is 0 Å². The third kappa shape index (κ3) is 3.07. The van der Waals surface area contributed by atoms with Gasteiger partial charge in [0.25, 0.3) is 0 Å². The van der Waals surface area contributed by atoms with E-state index in [1.165, 1.54) is 0 Å². The van der Waals surface area contributed by atoms with Crippen molar-refractivity contribution in [3.8, 4) is 5.88 Å². The van der Waals surface area contributed by atoms with Gasteiger partial charge in [-0.3, -0.25) is 0 Å². The van der Waals surface area contributed by atoms with Gasteiger partial charge in [0.2, 0.25) is 5.88 Å². The van der Waals surface area contributed by atoms with Gasteiger partial charge in [0.15, 0.2) is 0 Å². The smallest absolute Gasteiger partial charge is 0.233 e. The van der Waals surface area contributed by atoms with Crippen molar-refractivity contribution in [2.45, 2.75) is 19.4 Å². The topological polar surface area (TPSA) is 60.2 Å². The normalized spacial score (nSPS) is 12.3. The molecule has 0 saturated heterocycles. The van der Waals surface area contributed by atoms with Crippen LogP contribution >= 0.6 is 0 Å². The molecule has 5 heteroatoms. The monoisotopic (exact) mass is 247 g/mol. The van der Waals surface area contributed by atoms with E-state index in [0.29, 0.717) is 5.88 Å². The molecular formula is C13H17N3O2. The second-order valence-electron chi connectivity index (χ2n) is 3.89. The second-order valence-corrected chi connectivity index (χ2v) is 3.89. The van der Waals surface area contributed by atoms with Gasteiger partial charge >= 0.3 is 0 Å². The Labute approximate surface area is 106 Å². The van der Waals surface area contributed by atoms with Crippen LogP contribution in [0.2, 0.25) is 0 Å². The van der Waals surface area contributed by atoms with E-state index in [2.05, 4.69) is 22.4 Å². The lowest BCUT2D eigenvalue weighted by molar-refractivity contribution is 0.388. The molecule has 18 heavy (non-hydrogen) atoms. The number of aromatic nitrogens is 2. The molecule has 0 aliphatic rings. The van der Waals surface area contributed by atoms with E-state index in [4.69, 9.17) is 9.15 Å². The minimum atomic E-state index is 0.0968. The van der Waals surface area contributed by atoms with Gasteiger partial charge < -0.3 is 14.5 Å². The van der Waals surface area contributed by atoms with Crippen molar-refractivity contribution in [2.24, 2.45) is 0 Å². The fourth-order valence-corrected chi connectivity index (χ4v) is 1.78. The van der Waals surface area contributed by atoms with Gasteiger partial charge in [0.1, 0.15) is 5.76 Å². The number of rotatable bonds is 6. The van der Waals surface area contributed by atoms with Crippen LogP contribution in [0.25, 0.3) is 0 Å². The van der Waals surface area contributed by atoms with Crippen LogP contribution in [-0.2, 0) is 6.42 Å². The molecule has 2 rings (SSSR count). The van der Waals surface area contributed by atoms with Crippen LogP contribution in [0.3, 0.4) is 0 Å². The van der Waals surface area contributed by atoms with Crippen molar-refractivity contribution in [3.63, 3.8) is 0 Å². The molecule has 0 bridgehead atoms. The van der Waals surface area contributed by atoms with E-state index in [0.717, 1.165) is 24.4 Å². The number of furan rings is 1. The first-order valence-corrected chi connectivity index (χ1v) is 5.97. The Morgan fingerprint density at radius 2 is 2.22 bits per heavy atom. The van der Waals surface area contributed by atoms with E-state index < -0.39 is 0 Å². The van der Waals surface area contributed by atoms with E-state index >= 15 is 0 Å². The van der Waals surface area contributed by atoms with Gasteiger partial charge in [-0.1, -0.05) is 6.92 Å². The number of methoxy groups -OCH3 is 1. The number of nitrogens with one attached hydrogen (secondary N) is 1. The van der Waals surface area contributed by atoms with Gasteiger partial charge in [-0.05, 0) is 24.7 Å². The first-order chi connectivity index (χ1) is 8.83. The molecule has 2 aromatic rings. The summed E-state index contributed by atoms with van der Waals surface area (Å²) in [5.74, 6) is 1.45. The summed E-state index contributed by atoms with van der Waals surface area (Å²) in [4.78, 5) is 0. The minimum absolute atomic E-state index is 0.0968. The summed E-state index contributed by atoms with van der Waals surface area (Å²) in [6.45, 7) is 2.92. The molecule has 2 aromatic heterocycles. The van der Waals surface area contributed by atoms with E-state index in [1.807, 2.05) is 24.3 Å². The molecule has 0 amide bonds. The predicted molar refractivity (Wildman–Crippen MR) is 67.4 cm³/mol. The Balaban J connectivity index is 2.12. The molecule has 0 radical (unpaired) electrons. The lowest BCUT2D eigenvalue weighted by Crippen LogP contribution is -2.24. The molecule has 0 aromatic carbocycles. The van der Waals surface area contributed by atoms with Gasteiger partial charge in [0.05, 0.1) is 25.1 Å². The van der Waals surface area contributed by atoms with E-state index in [9.17, 15) is 0 Å². The molecular weight excluding hydrogens is 230 g/mol. The summed E-state index contributed by atoms with van der Waals surface area (Å²) in [5, 5.41) is 11.5. The van der Waals surface area contributed by atoms with Gasteiger partial charge in [-0.15, -0.1) is 5.10 Å². The standard InChI is InChI=1S/C13H17N3O2/c1-3-14-12(9-10-5-4-8-18-10)11-6-7-13(17-2)16-15-11/h4-8,12,14H,3,9H2,1-2H3. The first kappa shape index (κ1) is 12.6. The van der Waals surface area contributed by atoms with Crippen LogP contribution in [0.4, 0.5) is 0 Å². The van der Waals surface area contributed by atoms with E-state index in [-0.39, 0.29) is 6.04 Å². The minimum Gasteiger partial charge on any atom is -0.480 e. The molecule has 0 saturated carbocycles. The Bertz CT molecular complexity index is 454. The van der Waals surface area contributed by atoms with Crippen molar-refractivity contribution in [2.75, 3.05) is 13.7 Å². The highest BCUT2D eigenvalue weighted by molar-refractivity contribution is 5.16. The Kier molecular flexibility index (Phi) is 4.30. The number of hydrogen-bond donors (Lipinski definition) is 1. The van der Waals surface area contributed by atoms with Gasteiger partial charge in [-0.25, -0.2) is 0 Å². The molecule has 1 atom stereocenters. The highest BCUT2D eigenvalue weighted by Crippen LogP contribution is 2.17. The number of hydrogen-bond acceptors (Lipinski definition) is 5. The number of ether oxygens (including phenoxy) is 1. The van der Waals surface area contributed by atoms with E-state index in [1.54, 1.807) is 13.4 Å². The van der Waals surface area contributed by atoms with Crippen molar-refractivity contribution < 1.29 is 9.15 Å². The van der Waals surface area contributed by atoms with Crippen LogP contribution in [0.1, 0.15) is 24.4 Å². The average Bonchev–Trinajstić information content (AvgIpc) is 2.91. The van der Waals surface area contributed by atoms with Crippen molar-refractivity contribution in [1.29, 1.82) is 0 Å². The Hall–Kier alpha value is -1.88. The number of nitrogens with zero attached hydrogens (tertiary/aromatic N) is 2. The summed E-state index contributed by atoms with van der Waals surface area (Å²) >= 11 is 0. The molecule has 1 N–H and O–H groups in total. The Morgan fingerprint density at radius 1 is 1.33 bits per heavy atom. The average molecular weight is 247 g/mol. The highest BCUT2D eigenvalue weighted by atomic mass is 16.5. The second kappa shape index (κ2) is 6.16. The third-order valence-electron chi connectivity index (χ3n) is 2.66. The molecule has 0 fully saturated rings. The van der Waals surface area contributed by atoms with Gasteiger partial charge in [-0.2, -0.15) is 5.10 Å². The fourth-order valence-electron chi connectivity index (χ4n) is 1.78. The van der Waals surface area contributed by atoms with Crippen LogP contribution in [0, 0.1) is 0 Å². The molecule has 96 valence electrons. The maximum atomic E-state index is 5.36. The lowest BCUT2D eigenvalue weighted by atomic mass is 10.1. The van der Waals surface area contributed by atoms with Gasteiger partial charge in [0, 0.05) is 12.5 Å².